The van der Waals surface area contributed by atoms with Crippen LogP contribution in [0.2, 0.25) is 0 Å². The molecule has 1 saturated heterocycles. The van der Waals surface area contributed by atoms with Gasteiger partial charge in [-0.05, 0) is 38.3 Å². The molecule has 1 atom stereocenters. The highest BCUT2D eigenvalue weighted by Crippen LogP contribution is 2.23. The molecular formula is C15H24N4O. The fourth-order valence-corrected chi connectivity index (χ4v) is 2.27. The normalized spacial score (nSPS) is 17.9. The van der Waals surface area contributed by atoms with Crippen molar-refractivity contribution in [3.8, 4) is 0 Å². The summed E-state index contributed by atoms with van der Waals surface area (Å²) in [6.45, 7) is 6.34. The lowest BCUT2D eigenvalue weighted by Gasteiger charge is -2.25. The maximum absolute atomic E-state index is 12.2. The van der Waals surface area contributed by atoms with Crippen LogP contribution in [0.5, 0.6) is 0 Å². The number of anilines is 2. The van der Waals surface area contributed by atoms with Gasteiger partial charge in [-0.1, -0.05) is 6.92 Å². The van der Waals surface area contributed by atoms with Crippen LogP contribution in [0.3, 0.4) is 0 Å². The lowest BCUT2D eigenvalue weighted by atomic mass is 9.86. The van der Waals surface area contributed by atoms with Gasteiger partial charge in [0.15, 0.2) is 0 Å². The number of nitrogens with two attached hydrogens (primary N) is 1. The van der Waals surface area contributed by atoms with Crippen LogP contribution in [0.1, 0.15) is 33.1 Å². The molecule has 20 heavy (non-hydrogen) atoms. The van der Waals surface area contributed by atoms with Gasteiger partial charge in [-0.15, -0.1) is 0 Å². The molecule has 110 valence electrons. The summed E-state index contributed by atoms with van der Waals surface area (Å²) in [5.41, 5.74) is 5.90. The fourth-order valence-electron chi connectivity index (χ4n) is 2.27. The van der Waals surface area contributed by atoms with Crippen molar-refractivity contribution in [2.24, 2.45) is 11.1 Å². The van der Waals surface area contributed by atoms with E-state index in [1.54, 1.807) is 6.20 Å². The predicted molar refractivity (Wildman–Crippen MR) is 81.8 cm³/mol. The van der Waals surface area contributed by atoms with Gasteiger partial charge in [-0.2, -0.15) is 0 Å². The molecular weight excluding hydrogens is 252 g/mol. The molecule has 5 nitrogen and oxygen atoms in total. The SMILES string of the molecule is CCC(C)(CN)C(=O)Nc1ccc(N2CCCC2)nc1. The zero-order valence-electron chi connectivity index (χ0n) is 12.4. The number of rotatable bonds is 5. The van der Waals surface area contributed by atoms with E-state index < -0.39 is 5.41 Å². The first kappa shape index (κ1) is 14.8. The Bertz CT molecular complexity index is 447. The van der Waals surface area contributed by atoms with E-state index in [0.29, 0.717) is 13.0 Å². The third kappa shape index (κ3) is 3.10. The average molecular weight is 276 g/mol. The van der Waals surface area contributed by atoms with Gasteiger partial charge >= 0.3 is 0 Å². The molecule has 0 aliphatic carbocycles. The van der Waals surface area contributed by atoms with E-state index >= 15 is 0 Å². The van der Waals surface area contributed by atoms with Crippen LogP contribution in [0.15, 0.2) is 18.3 Å². The van der Waals surface area contributed by atoms with Crippen LogP contribution in [0, 0.1) is 5.41 Å². The smallest absolute Gasteiger partial charge is 0.231 e. The number of amides is 1. The van der Waals surface area contributed by atoms with Crippen molar-refractivity contribution in [1.29, 1.82) is 0 Å². The van der Waals surface area contributed by atoms with Crippen molar-refractivity contribution in [2.45, 2.75) is 33.1 Å². The zero-order chi connectivity index (χ0) is 14.6. The molecule has 0 radical (unpaired) electrons. The summed E-state index contributed by atoms with van der Waals surface area (Å²) in [6, 6.07) is 3.87. The van der Waals surface area contributed by atoms with E-state index in [-0.39, 0.29) is 5.91 Å². The zero-order valence-corrected chi connectivity index (χ0v) is 12.4. The van der Waals surface area contributed by atoms with Crippen LogP contribution < -0.4 is 16.0 Å². The molecule has 1 fully saturated rings. The maximum atomic E-state index is 12.2. The Morgan fingerprint density at radius 2 is 2.15 bits per heavy atom. The Morgan fingerprint density at radius 3 is 2.65 bits per heavy atom. The standard InChI is InChI=1S/C15H24N4O/c1-3-15(2,11-16)14(20)18-12-6-7-13(17-10-12)19-8-4-5-9-19/h6-7,10H,3-5,8-9,11,16H2,1-2H3,(H,18,20). The number of hydrogen-bond acceptors (Lipinski definition) is 4. The second-order valence-corrected chi connectivity index (χ2v) is 5.67. The van der Waals surface area contributed by atoms with Gasteiger partial charge in [0.05, 0.1) is 17.3 Å². The largest absolute Gasteiger partial charge is 0.357 e. The molecule has 2 rings (SSSR count). The molecule has 1 unspecified atom stereocenters. The van der Waals surface area contributed by atoms with Crippen molar-refractivity contribution in [2.75, 3.05) is 29.9 Å². The van der Waals surface area contributed by atoms with Gasteiger partial charge in [0.1, 0.15) is 5.82 Å². The van der Waals surface area contributed by atoms with Gasteiger partial charge in [-0.25, -0.2) is 4.98 Å². The number of hydrogen-bond donors (Lipinski definition) is 2. The minimum atomic E-state index is -0.520. The van der Waals surface area contributed by atoms with Gasteiger partial charge in [0.25, 0.3) is 0 Å². The quantitative estimate of drug-likeness (QED) is 0.863. The van der Waals surface area contributed by atoms with Gasteiger partial charge in [-0.3, -0.25) is 4.79 Å². The third-order valence-corrected chi connectivity index (χ3v) is 4.21. The first-order valence-electron chi connectivity index (χ1n) is 7.31. The van der Waals surface area contributed by atoms with Crippen LogP contribution in [0.4, 0.5) is 11.5 Å². The summed E-state index contributed by atoms with van der Waals surface area (Å²) in [4.78, 5) is 18.9. The van der Waals surface area contributed by atoms with Crippen LogP contribution in [0.25, 0.3) is 0 Å². The van der Waals surface area contributed by atoms with E-state index in [9.17, 15) is 4.79 Å². The first-order valence-corrected chi connectivity index (χ1v) is 7.31. The lowest BCUT2D eigenvalue weighted by Crippen LogP contribution is -2.39. The molecule has 0 saturated carbocycles. The second-order valence-electron chi connectivity index (χ2n) is 5.67. The Hall–Kier alpha value is -1.62. The minimum Gasteiger partial charge on any atom is -0.357 e. The van der Waals surface area contributed by atoms with E-state index in [2.05, 4.69) is 15.2 Å². The molecule has 0 spiro atoms. The number of nitrogens with one attached hydrogen (secondary N) is 1. The molecule has 0 bridgehead atoms. The monoisotopic (exact) mass is 276 g/mol. The molecule has 1 aliphatic rings. The number of carbonyl (C=O) groups is 1. The van der Waals surface area contributed by atoms with Crippen LogP contribution in [-0.4, -0.2) is 30.5 Å². The summed E-state index contributed by atoms with van der Waals surface area (Å²) in [5.74, 6) is 0.941. The average Bonchev–Trinajstić information content (AvgIpc) is 3.01. The summed E-state index contributed by atoms with van der Waals surface area (Å²) >= 11 is 0. The fraction of sp³-hybridized carbons (Fsp3) is 0.600. The topological polar surface area (TPSA) is 71.2 Å². The van der Waals surface area contributed by atoms with Gasteiger partial charge in [0.2, 0.25) is 5.91 Å². The molecule has 1 amide bonds. The molecule has 0 aromatic carbocycles. The number of aromatic nitrogens is 1. The molecule has 1 aliphatic heterocycles. The highest BCUT2D eigenvalue weighted by atomic mass is 16.2. The lowest BCUT2D eigenvalue weighted by molar-refractivity contribution is -0.124. The van der Waals surface area contributed by atoms with Gasteiger partial charge in [0, 0.05) is 19.6 Å². The predicted octanol–water partition coefficient (Wildman–Crippen LogP) is 2.00. The Morgan fingerprint density at radius 1 is 1.45 bits per heavy atom. The van der Waals surface area contributed by atoms with Crippen LogP contribution >= 0.6 is 0 Å². The summed E-state index contributed by atoms with van der Waals surface area (Å²) in [5, 5.41) is 2.90. The van der Waals surface area contributed by atoms with Crippen molar-refractivity contribution in [1.82, 2.24) is 4.98 Å². The Kier molecular flexibility index (Phi) is 4.60. The highest BCUT2D eigenvalue weighted by Gasteiger charge is 2.29. The molecule has 3 N–H and O–H groups in total. The van der Waals surface area contributed by atoms with E-state index in [0.717, 1.165) is 24.6 Å². The van der Waals surface area contributed by atoms with E-state index in [4.69, 9.17) is 5.73 Å². The van der Waals surface area contributed by atoms with Crippen LogP contribution in [-0.2, 0) is 4.79 Å². The third-order valence-electron chi connectivity index (χ3n) is 4.21. The summed E-state index contributed by atoms with van der Waals surface area (Å²) < 4.78 is 0. The molecule has 5 heteroatoms. The van der Waals surface area contributed by atoms with Crippen molar-refractivity contribution in [3.05, 3.63) is 18.3 Å². The van der Waals surface area contributed by atoms with Gasteiger partial charge < -0.3 is 16.0 Å². The minimum absolute atomic E-state index is 0.0433. The first-order chi connectivity index (χ1) is 9.59. The number of carbonyl (C=O) groups excluding carboxylic acids is 1. The summed E-state index contributed by atoms with van der Waals surface area (Å²) in [6.07, 6.45) is 4.89. The van der Waals surface area contributed by atoms with Crippen molar-refractivity contribution < 1.29 is 4.79 Å². The van der Waals surface area contributed by atoms with Crippen molar-refractivity contribution in [3.63, 3.8) is 0 Å². The molecule has 2 heterocycles. The molecule has 1 aromatic heterocycles. The highest BCUT2D eigenvalue weighted by molar-refractivity contribution is 5.95. The van der Waals surface area contributed by atoms with E-state index in [1.165, 1.54) is 12.8 Å². The van der Waals surface area contributed by atoms with Crippen molar-refractivity contribution >= 4 is 17.4 Å². The summed E-state index contributed by atoms with van der Waals surface area (Å²) in [7, 11) is 0. The molecule has 1 aromatic rings. The Labute approximate surface area is 120 Å². The van der Waals surface area contributed by atoms with E-state index in [1.807, 2.05) is 26.0 Å². The maximum Gasteiger partial charge on any atom is 0.231 e. The number of nitrogens with zero attached hydrogens (tertiary/aromatic N) is 2. The Balaban J connectivity index is 2.01. The second kappa shape index (κ2) is 6.22. The number of pyridine rings is 1.